The SMILES string of the molecule is CCOC(=O)c1csc(N(C)CC2CCCOC2)n1. The lowest BCUT2D eigenvalue weighted by molar-refractivity contribution is 0.0520. The molecule has 0 spiro atoms. The van der Waals surface area contributed by atoms with Crippen molar-refractivity contribution in [2.24, 2.45) is 5.92 Å². The molecule has 0 bridgehead atoms. The average Bonchev–Trinajstić information content (AvgIpc) is 2.90. The first-order valence-electron chi connectivity index (χ1n) is 6.62. The largest absolute Gasteiger partial charge is 0.461 e. The van der Waals surface area contributed by atoms with Crippen molar-refractivity contribution in [3.8, 4) is 0 Å². The molecule has 0 aliphatic carbocycles. The topological polar surface area (TPSA) is 51.7 Å². The van der Waals surface area contributed by atoms with Crippen LogP contribution in [-0.4, -0.2) is 44.4 Å². The molecule has 106 valence electrons. The van der Waals surface area contributed by atoms with Gasteiger partial charge in [-0.3, -0.25) is 0 Å². The molecule has 0 amide bonds. The number of hydrogen-bond donors (Lipinski definition) is 0. The van der Waals surface area contributed by atoms with E-state index in [-0.39, 0.29) is 5.97 Å². The summed E-state index contributed by atoms with van der Waals surface area (Å²) in [5.41, 5.74) is 0.397. The van der Waals surface area contributed by atoms with Crippen LogP contribution >= 0.6 is 11.3 Å². The van der Waals surface area contributed by atoms with Crippen LogP contribution in [0.25, 0.3) is 0 Å². The summed E-state index contributed by atoms with van der Waals surface area (Å²) >= 11 is 1.47. The van der Waals surface area contributed by atoms with E-state index >= 15 is 0 Å². The Bertz CT molecular complexity index is 416. The second-order valence-electron chi connectivity index (χ2n) is 4.70. The Morgan fingerprint density at radius 2 is 2.53 bits per heavy atom. The van der Waals surface area contributed by atoms with E-state index in [4.69, 9.17) is 9.47 Å². The molecule has 0 saturated carbocycles. The predicted octanol–water partition coefficient (Wildman–Crippen LogP) is 2.18. The maximum Gasteiger partial charge on any atom is 0.357 e. The van der Waals surface area contributed by atoms with Crippen LogP contribution in [0.5, 0.6) is 0 Å². The molecule has 1 atom stereocenters. The van der Waals surface area contributed by atoms with Crippen LogP contribution in [0.1, 0.15) is 30.3 Å². The van der Waals surface area contributed by atoms with Crippen molar-refractivity contribution in [2.75, 3.05) is 38.3 Å². The molecule has 1 unspecified atom stereocenters. The fourth-order valence-corrected chi connectivity index (χ4v) is 2.93. The first-order chi connectivity index (χ1) is 9.20. The molecule has 1 aromatic rings. The summed E-state index contributed by atoms with van der Waals surface area (Å²) in [4.78, 5) is 18.0. The summed E-state index contributed by atoms with van der Waals surface area (Å²) < 4.78 is 10.4. The number of carbonyl (C=O) groups excluding carboxylic acids is 1. The van der Waals surface area contributed by atoms with Crippen molar-refractivity contribution in [2.45, 2.75) is 19.8 Å². The summed E-state index contributed by atoms with van der Waals surface area (Å²) in [6.45, 7) is 4.78. The van der Waals surface area contributed by atoms with Gasteiger partial charge in [-0.05, 0) is 25.7 Å². The van der Waals surface area contributed by atoms with Crippen LogP contribution < -0.4 is 4.90 Å². The van der Waals surface area contributed by atoms with Crippen LogP contribution in [0.4, 0.5) is 5.13 Å². The third-order valence-electron chi connectivity index (χ3n) is 3.09. The second-order valence-corrected chi connectivity index (χ2v) is 5.54. The molecule has 6 heteroatoms. The van der Waals surface area contributed by atoms with Gasteiger partial charge in [0.1, 0.15) is 0 Å². The van der Waals surface area contributed by atoms with Gasteiger partial charge in [-0.1, -0.05) is 0 Å². The van der Waals surface area contributed by atoms with Crippen molar-refractivity contribution in [3.63, 3.8) is 0 Å². The van der Waals surface area contributed by atoms with Gasteiger partial charge in [0.15, 0.2) is 10.8 Å². The standard InChI is InChI=1S/C13H20N2O3S/c1-3-18-12(16)11-9-19-13(14-11)15(2)7-10-5-4-6-17-8-10/h9-10H,3-8H2,1-2H3. The smallest absolute Gasteiger partial charge is 0.357 e. The van der Waals surface area contributed by atoms with E-state index in [1.807, 2.05) is 7.05 Å². The molecule has 2 rings (SSSR count). The van der Waals surface area contributed by atoms with Crippen LogP contribution in [0.2, 0.25) is 0 Å². The quantitative estimate of drug-likeness (QED) is 0.776. The summed E-state index contributed by atoms with van der Waals surface area (Å²) in [5, 5.41) is 2.61. The second kappa shape index (κ2) is 6.86. The van der Waals surface area contributed by atoms with Crippen LogP contribution in [0.3, 0.4) is 0 Å². The fraction of sp³-hybridized carbons (Fsp3) is 0.692. The highest BCUT2D eigenvalue weighted by Crippen LogP contribution is 2.23. The van der Waals surface area contributed by atoms with Crippen molar-refractivity contribution in [1.29, 1.82) is 0 Å². The average molecular weight is 284 g/mol. The minimum absolute atomic E-state index is 0.348. The molecule has 19 heavy (non-hydrogen) atoms. The Morgan fingerprint density at radius 3 is 3.21 bits per heavy atom. The lowest BCUT2D eigenvalue weighted by Crippen LogP contribution is -2.30. The van der Waals surface area contributed by atoms with E-state index in [2.05, 4.69) is 9.88 Å². The van der Waals surface area contributed by atoms with E-state index in [1.54, 1.807) is 12.3 Å². The van der Waals surface area contributed by atoms with E-state index in [9.17, 15) is 4.79 Å². The highest BCUT2D eigenvalue weighted by Gasteiger charge is 2.19. The van der Waals surface area contributed by atoms with Crippen LogP contribution in [-0.2, 0) is 9.47 Å². The van der Waals surface area contributed by atoms with Gasteiger partial charge in [0.2, 0.25) is 0 Å². The number of thiazole rings is 1. The van der Waals surface area contributed by atoms with Crippen molar-refractivity contribution in [1.82, 2.24) is 4.98 Å². The summed E-state index contributed by atoms with van der Waals surface area (Å²) in [6.07, 6.45) is 2.32. The zero-order valence-corrected chi connectivity index (χ0v) is 12.2. The minimum Gasteiger partial charge on any atom is -0.461 e. The van der Waals surface area contributed by atoms with Gasteiger partial charge in [-0.15, -0.1) is 11.3 Å². The molecule has 1 saturated heterocycles. The number of anilines is 1. The van der Waals surface area contributed by atoms with E-state index < -0.39 is 0 Å². The molecule has 2 heterocycles. The Hall–Kier alpha value is -1.14. The molecule has 1 aromatic heterocycles. The van der Waals surface area contributed by atoms with Gasteiger partial charge in [0.05, 0.1) is 13.2 Å². The third kappa shape index (κ3) is 3.91. The molecule has 5 nitrogen and oxygen atoms in total. The number of rotatable bonds is 5. The normalized spacial score (nSPS) is 19.2. The summed E-state index contributed by atoms with van der Waals surface area (Å²) in [6, 6.07) is 0. The monoisotopic (exact) mass is 284 g/mol. The van der Waals surface area contributed by atoms with Gasteiger partial charge in [0, 0.05) is 25.6 Å². The maximum atomic E-state index is 11.6. The van der Waals surface area contributed by atoms with Crippen molar-refractivity contribution in [3.05, 3.63) is 11.1 Å². The molecular weight excluding hydrogens is 264 g/mol. The van der Waals surface area contributed by atoms with Crippen molar-refractivity contribution >= 4 is 22.4 Å². The van der Waals surface area contributed by atoms with Gasteiger partial charge in [0.25, 0.3) is 0 Å². The number of esters is 1. The Balaban J connectivity index is 1.91. The number of nitrogens with zero attached hydrogens (tertiary/aromatic N) is 2. The van der Waals surface area contributed by atoms with Gasteiger partial charge < -0.3 is 14.4 Å². The van der Waals surface area contributed by atoms with Crippen molar-refractivity contribution < 1.29 is 14.3 Å². The third-order valence-corrected chi connectivity index (χ3v) is 4.04. The van der Waals surface area contributed by atoms with Gasteiger partial charge in [-0.25, -0.2) is 9.78 Å². The Kier molecular flexibility index (Phi) is 5.15. The number of ether oxygens (including phenoxy) is 2. The molecule has 0 aromatic carbocycles. The lowest BCUT2D eigenvalue weighted by atomic mass is 10.0. The highest BCUT2D eigenvalue weighted by molar-refractivity contribution is 7.13. The molecular formula is C13H20N2O3S. The molecule has 0 N–H and O–H groups in total. The first-order valence-corrected chi connectivity index (χ1v) is 7.50. The van der Waals surface area contributed by atoms with Gasteiger partial charge in [-0.2, -0.15) is 0 Å². The summed E-state index contributed by atoms with van der Waals surface area (Å²) in [5.74, 6) is 0.202. The highest BCUT2D eigenvalue weighted by atomic mass is 32.1. The number of carbonyl (C=O) groups is 1. The van der Waals surface area contributed by atoms with Crippen LogP contribution in [0, 0.1) is 5.92 Å². The molecule has 0 radical (unpaired) electrons. The first kappa shape index (κ1) is 14.3. The number of hydrogen-bond acceptors (Lipinski definition) is 6. The molecule has 1 aliphatic rings. The van der Waals surface area contributed by atoms with Gasteiger partial charge >= 0.3 is 5.97 Å². The maximum absolute atomic E-state index is 11.6. The van der Waals surface area contributed by atoms with E-state index in [1.165, 1.54) is 17.8 Å². The van der Waals surface area contributed by atoms with E-state index in [0.29, 0.717) is 18.2 Å². The summed E-state index contributed by atoms with van der Waals surface area (Å²) in [7, 11) is 2.00. The van der Waals surface area contributed by atoms with Crippen LogP contribution in [0.15, 0.2) is 5.38 Å². The van der Waals surface area contributed by atoms with E-state index in [0.717, 1.165) is 31.3 Å². The molecule has 1 aliphatic heterocycles. The predicted molar refractivity (Wildman–Crippen MR) is 74.9 cm³/mol. The fourth-order valence-electron chi connectivity index (χ4n) is 2.16. The lowest BCUT2D eigenvalue weighted by Gasteiger charge is -2.26. The zero-order valence-electron chi connectivity index (χ0n) is 11.4. The zero-order chi connectivity index (χ0) is 13.7. The Labute approximate surface area is 117 Å². The molecule has 1 fully saturated rings. The minimum atomic E-state index is -0.348. The Morgan fingerprint density at radius 1 is 1.68 bits per heavy atom. The number of aromatic nitrogens is 1.